The van der Waals surface area contributed by atoms with Gasteiger partial charge in [-0.15, -0.1) is 0 Å². The van der Waals surface area contributed by atoms with Gasteiger partial charge >= 0.3 is 0 Å². The van der Waals surface area contributed by atoms with Crippen LogP contribution in [0.2, 0.25) is 0 Å². The lowest BCUT2D eigenvalue weighted by molar-refractivity contribution is 0.0630. The summed E-state index contributed by atoms with van der Waals surface area (Å²) in [6.45, 7) is 1.34. The third-order valence-corrected chi connectivity index (χ3v) is 5.49. The lowest BCUT2D eigenvalue weighted by atomic mass is 10.1. The lowest BCUT2D eigenvalue weighted by Crippen LogP contribution is -2.38. The van der Waals surface area contributed by atoms with Crippen LogP contribution >= 0.6 is 0 Å². The zero-order valence-electron chi connectivity index (χ0n) is 17.0. The van der Waals surface area contributed by atoms with Crippen LogP contribution in [0.1, 0.15) is 23.2 Å². The first-order chi connectivity index (χ1) is 15.2. The minimum atomic E-state index is 0.0357. The molecule has 1 saturated heterocycles. The molecule has 10 heteroatoms. The van der Waals surface area contributed by atoms with E-state index in [-0.39, 0.29) is 11.9 Å². The Balaban J connectivity index is 1.36. The third-order valence-electron chi connectivity index (χ3n) is 5.49. The molecule has 0 spiro atoms. The number of carbonyl (C=O) groups excluding carboxylic acids is 1. The molecule has 5 rings (SSSR count). The number of hydrogen-bond acceptors (Lipinski definition) is 7. The van der Waals surface area contributed by atoms with Gasteiger partial charge < -0.3 is 15.0 Å². The molecular weight excluding hydrogens is 396 g/mol. The minimum absolute atomic E-state index is 0.0357. The van der Waals surface area contributed by atoms with Gasteiger partial charge in [-0.25, -0.2) is 14.5 Å². The smallest absolute Gasteiger partial charge is 0.254 e. The van der Waals surface area contributed by atoms with Crippen LogP contribution in [-0.2, 0) is 4.74 Å². The second-order valence-electron chi connectivity index (χ2n) is 7.43. The van der Waals surface area contributed by atoms with E-state index in [1.807, 2.05) is 29.2 Å². The SMILES string of the molecule is COC[C@@H]1CCCN1C(=O)c1ccc(Nc2ncc(-c3cn[nH]c3)n3ncnc23)cc1. The van der Waals surface area contributed by atoms with Crippen molar-refractivity contribution in [3.63, 3.8) is 0 Å². The quantitative estimate of drug-likeness (QED) is 0.495. The molecule has 0 saturated carbocycles. The predicted octanol–water partition coefficient (Wildman–Crippen LogP) is 2.51. The van der Waals surface area contributed by atoms with Gasteiger partial charge in [0.1, 0.15) is 6.33 Å². The highest BCUT2D eigenvalue weighted by molar-refractivity contribution is 5.95. The van der Waals surface area contributed by atoms with Gasteiger partial charge in [0.15, 0.2) is 11.5 Å². The highest BCUT2D eigenvalue weighted by Gasteiger charge is 2.29. The summed E-state index contributed by atoms with van der Waals surface area (Å²) in [5, 5.41) is 14.3. The normalized spacial score (nSPS) is 16.2. The Kier molecular flexibility index (Phi) is 5.04. The van der Waals surface area contributed by atoms with Gasteiger partial charge in [0.2, 0.25) is 0 Å². The molecule has 4 aromatic rings. The number of hydrogen-bond donors (Lipinski definition) is 2. The van der Waals surface area contributed by atoms with Gasteiger partial charge in [-0.1, -0.05) is 0 Å². The molecule has 0 radical (unpaired) electrons. The van der Waals surface area contributed by atoms with Crippen LogP contribution < -0.4 is 5.32 Å². The molecule has 1 aromatic carbocycles. The van der Waals surface area contributed by atoms with E-state index >= 15 is 0 Å². The molecule has 4 heterocycles. The van der Waals surface area contributed by atoms with E-state index in [4.69, 9.17) is 4.74 Å². The number of benzene rings is 1. The number of anilines is 2. The van der Waals surface area contributed by atoms with Crippen molar-refractivity contribution >= 4 is 23.1 Å². The molecule has 3 aromatic heterocycles. The molecule has 10 nitrogen and oxygen atoms in total. The molecule has 158 valence electrons. The van der Waals surface area contributed by atoms with Crippen molar-refractivity contribution < 1.29 is 9.53 Å². The standard InChI is InChI=1S/C21H22N8O2/c1-31-12-17-3-2-8-28(17)21(30)14-4-6-16(7-5-14)27-19-20-23-13-26-29(20)18(11-22-19)15-9-24-25-10-15/h4-7,9-11,13,17H,2-3,8,12H2,1H3,(H,22,27)(H,24,25)/t17-/m0/s1. The van der Waals surface area contributed by atoms with Gasteiger partial charge in [-0.3, -0.25) is 9.89 Å². The Bertz CT molecular complexity index is 1190. The number of aromatic amines is 1. The largest absolute Gasteiger partial charge is 0.383 e. The van der Waals surface area contributed by atoms with Crippen molar-refractivity contribution in [1.29, 1.82) is 0 Å². The van der Waals surface area contributed by atoms with Crippen LogP contribution in [0.4, 0.5) is 11.5 Å². The number of ether oxygens (including phenoxy) is 1. The summed E-state index contributed by atoms with van der Waals surface area (Å²) >= 11 is 0. The van der Waals surface area contributed by atoms with Gasteiger partial charge in [0.25, 0.3) is 5.91 Å². The Morgan fingerprint density at radius 3 is 2.90 bits per heavy atom. The van der Waals surface area contributed by atoms with Crippen LogP contribution in [0.3, 0.4) is 0 Å². The number of nitrogens with one attached hydrogen (secondary N) is 2. The average molecular weight is 418 g/mol. The number of likely N-dealkylation sites (tertiary alicyclic amines) is 1. The second-order valence-corrected chi connectivity index (χ2v) is 7.43. The molecule has 1 aliphatic heterocycles. The van der Waals surface area contributed by atoms with E-state index in [0.717, 1.165) is 36.3 Å². The first-order valence-electron chi connectivity index (χ1n) is 10.1. The van der Waals surface area contributed by atoms with Crippen LogP contribution in [0, 0.1) is 0 Å². The maximum atomic E-state index is 12.9. The van der Waals surface area contributed by atoms with Crippen LogP contribution in [0.25, 0.3) is 16.9 Å². The Morgan fingerprint density at radius 2 is 2.13 bits per heavy atom. The van der Waals surface area contributed by atoms with Crippen molar-refractivity contribution in [2.75, 3.05) is 25.6 Å². The van der Waals surface area contributed by atoms with Gasteiger partial charge in [-0.2, -0.15) is 10.2 Å². The maximum Gasteiger partial charge on any atom is 0.254 e. The predicted molar refractivity (Wildman–Crippen MR) is 114 cm³/mol. The van der Waals surface area contributed by atoms with Crippen LogP contribution in [0.5, 0.6) is 0 Å². The number of H-pyrrole nitrogens is 1. The summed E-state index contributed by atoms with van der Waals surface area (Å²) in [7, 11) is 1.67. The van der Waals surface area contributed by atoms with Crippen molar-refractivity contribution in [3.05, 3.63) is 54.7 Å². The zero-order chi connectivity index (χ0) is 21.2. The number of carbonyl (C=O) groups is 1. The molecule has 0 aliphatic carbocycles. The van der Waals surface area contributed by atoms with Crippen molar-refractivity contribution in [2.45, 2.75) is 18.9 Å². The third kappa shape index (κ3) is 3.61. The van der Waals surface area contributed by atoms with E-state index in [1.165, 1.54) is 6.33 Å². The summed E-state index contributed by atoms with van der Waals surface area (Å²) in [6, 6.07) is 7.54. The molecule has 31 heavy (non-hydrogen) atoms. The number of aromatic nitrogens is 6. The molecular formula is C21H22N8O2. The van der Waals surface area contributed by atoms with Gasteiger partial charge in [-0.05, 0) is 37.1 Å². The Hall–Kier alpha value is -3.79. The number of nitrogens with zero attached hydrogens (tertiary/aromatic N) is 6. The maximum absolute atomic E-state index is 12.9. The fourth-order valence-electron chi connectivity index (χ4n) is 3.96. The Labute approximate surface area is 178 Å². The number of rotatable bonds is 6. The number of methoxy groups -OCH3 is 1. The van der Waals surface area contributed by atoms with Crippen molar-refractivity contribution in [3.8, 4) is 11.3 Å². The van der Waals surface area contributed by atoms with Gasteiger partial charge in [0, 0.05) is 36.7 Å². The van der Waals surface area contributed by atoms with Crippen LogP contribution in [0.15, 0.2) is 49.2 Å². The molecule has 1 fully saturated rings. The minimum Gasteiger partial charge on any atom is -0.383 e. The van der Waals surface area contributed by atoms with Crippen LogP contribution in [-0.4, -0.2) is 66.9 Å². The Morgan fingerprint density at radius 1 is 1.26 bits per heavy atom. The molecule has 1 amide bonds. The number of fused-ring (bicyclic) bond motifs is 1. The van der Waals surface area contributed by atoms with Crippen molar-refractivity contribution in [2.24, 2.45) is 0 Å². The molecule has 2 N–H and O–H groups in total. The summed E-state index contributed by atoms with van der Waals surface area (Å²) in [5.41, 5.74) is 3.71. The molecule has 1 atom stereocenters. The topological polar surface area (TPSA) is 113 Å². The van der Waals surface area contributed by atoms with Crippen molar-refractivity contribution in [1.82, 2.24) is 34.7 Å². The molecule has 1 aliphatic rings. The summed E-state index contributed by atoms with van der Waals surface area (Å²) in [4.78, 5) is 23.7. The molecule has 0 bridgehead atoms. The first kappa shape index (κ1) is 19.2. The number of amides is 1. The summed E-state index contributed by atoms with van der Waals surface area (Å²) in [5.74, 6) is 0.608. The second kappa shape index (κ2) is 8.15. The highest BCUT2D eigenvalue weighted by Crippen LogP contribution is 2.25. The average Bonchev–Trinajstić information content (AvgIpc) is 3.56. The highest BCUT2D eigenvalue weighted by atomic mass is 16.5. The van der Waals surface area contributed by atoms with E-state index in [0.29, 0.717) is 23.6 Å². The monoisotopic (exact) mass is 418 g/mol. The van der Waals surface area contributed by atoms with E-state index in [9.17, 15) is 4.79 Å². The lowest BCUT2D eigenvalue weighted by Gasteiger charge is -2.24. The first-order valence-corrected chi connectivity index (χ1v) is 10.1. The van der Waals surface area contributed by atoms with E-state index < -0.39 is 0 Å². The fourth-order valence-corrected chi connectivity index (χ4v) is 3.96. The van der Waals surface area contributed by atoms with E-state index in [2.05, 4.69) is 30.6 Å². The fraction of sp³-hybridized carbons (Fsp3) is 0.286. The summed E-state index contributed by atoms with van der Waals surface area (Å²) in [6.07, 6.45) is 8.68. The van der Waals surface area contributed by atoms with Gasteiger partial charge in [0.05, 0.1) is 30.7 Å². The summed E-state index contributed by atoms with van der Waals surface area (Å²) < 4.78 is 6.97. The zero-order valence-corrected chi connectivity index (χ0v) is 17.0. The molecule has 0 unspecified atom stereocenters. The van der Waals surface area contributed by atoms with E-state index in [1.54, 1.807) is 30.2 Å².